The van der Waals surface area contributed by atoms with E-state index >= 15 is 0 Å². The minimum absolute atomic E-state index is 0.0113. The fourth-order valence-electron chi connectivity index (χ4n) is 3.50. The Bertz CT molecular complexity index is 927. The topological polar surface area (TPSA) is 61.2 Å². The second kappa shape index (κ2) is 6.99. The Balaban J connectivity index is 1.79. The number of aromatic nitrogens is 3. The number of methoxy groups -OCH3 is 2. The van der Waals surface area contributed by atoms with Crippen molar-refractivity contribution in [3.05, 3.63) is 64.4 Å². The summed E-state index contributed by atoms with van der Waals surface area (Å²) in [5, 5.41) is 7.91. The highest BCUT2D eigenvalue weighted by atomic mass is 79.9. The molecule has 26 heavy (non-hydrogen) atoms. The largest absolute Gasteiger partial charge is 0.493 e. The normalized spacial score (nSPS) is 18.7. The molecule has 2 atom stereocenters. The lowest BCUT2D eigenvalue weighted by atomic mass is 9.92. The van der Waals surface area contributed by atoms with Gasteiger partial charge in [0.05, 0.1) is 26.3 Å². The van der Waals surface area contributed by atoms with E-state index in [9.17, 15) is 0 Å². The monoisotopic (exact) mass is 414 g/mol. The molecule has 7 heteroatoms. The Morgan fingerprint density at radius 3 is 2.77 bits per heavy atom. The fraction of sp³-hybridized carbons (Fsp3) is 0.263. The lowest BCUT2D eigenvalue weighted by Gasteiger charge is -2.32. The maximum atomic E-state index is 5.66. The second-order valence-electron chi connectivity index (χ2n) is 6.11. The van der Waals surface area contributed by atoms with Crippen LogP contribution in [0.2, 0.25) is 0 Å². The molecule has 0 radical (unpaired) electrons. The molecule has 2 aromatic carbocycles. The van der Waals surface area contributed by atoms with Crippen LogP contribution in [0.3, 0.4) is 0 Å². The first-order chi connectivity index (χ1) is 12.7. The zero-order valence-corrected chi connectivity index (χ0v) is 16.1. The van der Waals surface area contributed by atoms with Gasteiger partial charge in [0, 0.05) is 10.0 Å². The molecule has 1 aliphatic rings. The van der Waals surface area contributed by atoms with Crippen LogP contribution in [0, 0.1) is 0 Å². The zero-order valence-electron chi connectivity index (χ0n) is 14.5. The van der Waals surface area contributed by atoms with Gasteiger partial charge in [0.25, 0.3) is 0 Å². The summed E-state index contributed by atoms with van der Waals surface area (Å²) in [5.74, 6) is 2.19. The van der Waals surface area contributed by atoms with Gasteiger partial charge in [-0.25, -0.2) is 4.68 Å². The molecule has 4 rings (SSSR count). The summed E-state index contributed by atoms with van der Waals surface area (Å²) in [7, 11) is 3.31. The molecule has 134 valence electrons. The number of anilines is 1. The summed E-state index contributed by atoms with van der Waals surface area (Å²) >= 11 is 3.56. The molecule has 0 aliphatic carbocycles. The Morgan fingerprint density at radius 1 is 1.15 bits per heavy atom. The highest BCUT2D eigenvalue weighted by Gasteiger charge is 2.32. The van der Waals surface area contributed by atoms with Gasteiger partial charge in [-0.05, 0) is 30.2 Å². The molecule has 1 N–H and O–H groups in total. The third kappa shape index (κ3) is 2.92. The summed E-state index contributed by atoms with van der Waals surface area (Å²) in [4.78, 5) is 4.39. The SMILES string of the molecule is COc1cccc([C@H]2C[C@H](c3cccc(Br)c3)Nc3ncnn32)c1OC. The molecule has 6 nitrogen and oxygen atoms in total. The third-order valence-electron chi connectivity index (χ3n) is 4.67. The number of nitrogens with one attached hydrogen (secondary N) is 1. The van der Waals surface area contributed by atoms with Crippen molar-refractivity contribution >= 4 is 21.9 Å². The minimum atomic E-state index is -0.0113. The molecule has 0 fully saturated rings. The van der Waals surface area contributed by atoms with Crippen LogP contribution in [-0.2, 0) is 0 Å². The number of ether oxygens (including phenoxy) is 2. The van der Waals surface area contributed by atoms with Crippen LogP contribution in [0.25, 0.3) is 0 Å². The van der Waals surface area contributed by atoms with E-state index in [1.807, 2.05) is 28.9 Å². The number of fused-ring (bicyclic) bond motifs is 1. The smallest absolute Gasteiger partial charge is 0.222 e. The molecule has 0 amide bonds. The fourth-order valence-corrected chi connectivity index (χ4v) is 3.91. The van der Waals surface area contributed by atoms with Crippen molar-refractivity contribution in [1.29, 1.82) is 0 Å². The Hall–Kier alpha value is -2.54. The molecule has 0 saturated heterocycles. The van der Waals surface area contributed by atoms with Crippen molar-refractivity contribution in [3.63, 3.8) is 0 Å². The molecule has 0 saturated carbocycles. The van der Waals surface area contributed by atoms with E-state index in [0.29, 0.717) is 5.75 Å². The van der Waals surface area contributed by atoms with Crippen LogP contribution in [0.1, 0.15) is 29.6 Å². The standard InChI is InChI=1S/C19H19BrN4O2/c1-25-17-8-4-7-14(18(17)26-2)16-10-15(12-5-3-6-13(20)9-12)23-19-21-11-22-24(16)19/h3-9,11,15-16H,10H2,1-2H3,(H,21,22,23)/t15-,16-/m1/s1. The molecule has 3 aromatic rings. The number of benzene rings is 2. The molecule has 2 heterocycles. The van der Waals surface area contributed by atoms with E-state index in [1.54, 1.807) is 20.5 Å². The van der Waals surface area contributed by atoms with Gasteiger partial charge >= 0.3 is 0 Å². The van der Waals surface area contributed by atoms with Crippen molar-refractivity contribution in [1.82, 2.24) is 14.8 Å². The summed E-state index contributed by atoms with van der Waals surface area (Å²) in [5.41, 5.74) is 2.22. The number of halogens is 1. The van der Waals surface area contributed by atoms with Crippen LogP contribution in [0.15, 0.2) is 53.3 Å². The van der Waals surface area contributed by atoms with Gasteiger partial charge in [-0.15, -0.1) is 0 Å². The zero-order chi connectivity index (χ0) is 18.1. The quantitative estimate of drug-likeness (QED) is 0.692. The van der Waals surface area contributed by atoms with Crippen LogP contribution < -0.4 is 14.8 Å². The van der Waals surface area contributed by atoms with Gasteiger partial charge < -0.3 is 14.8 Å². The summed E-state index contributed by atoms with van der Waals surface area (Å²) in [6, 6.07) is 14.4. The Morgan fingerprint density at radius 2 is 2.00 bits per heavy atom. The molecular formula is C19H19BrN4O2. The first-order valence-corrected chi connectivity index (χ1v) is 9.13. The van der Waals surface area contributed by atoms with Gasteiger partial charge in [0.1, 0.15) is 6.33 Å². The summed E-state index contributed by atoms with van der Waals surface area (Å²) in [6.45, 7) is 0. The number of hydrogen-bond acceptors (Lipinski definition) is 5. The summed E-state index contributed by atoms with van der Waals surface area (Å²) in [6.07, 6.45) is 2.39. The Kier molecular flexibility index (Phi) is 4.55. The van der Waals surface area contributed by atoms with Gasteiger partial charge in [0.2, 0.25) is 5.95 Å². The highest BCUT2D eigenvalue weighted by Crippen LogP contribution is 2.43. The maximum Gasteiger partial charge on any atom is 0.222 e. The average Bonchev–Trinajstić information content (AvgIpc) is 3.15. The summed E-state index contributed by atoms with van der Waals surface area (Å²) < 4.78 is 14.1. The van der Waals surface area contributed by atoms with E-state index < -0.39 is 0 Å². The molecular weight excluding hydrogens is 396 g/mol. The van der Waals surface area contributed by atoms with E-state index in [2.05, 4.69) is 49.5 Å². The van der Waals surface area contributed by atoms with E-state index in [0.717, 1.165) is 28.2 Å². The van der Waals surface area contributed by atoms with Crippen molar-refractivity contribution in [2.24, 2.45) is 0 Å². The lowest BCUT2D eigenvalue weighted by molar-refractivity contribution is 0.340. The van der Waals surface area contributed by atoms with E-state index in [-0.39, 0.29) is 12.1 Å². The van der Waals surface area contributed by atoms with Gasteiger partial charge in [-0.1, -0.05) is 40.2 Å². The van der Waals surface area contributed by atoms with Crippen LogP contribution in [0.5, 0.6) is 11.5 Å². The molecule has 1 aliphatic heterocycles. The van der Waals surface area contributed by atoms with Crippen molar-refractivity contribution in [2.75, 3.05) is 19.5 Å². The number of hydrogen-bond donors (Lipinski definition) is 1. The number of rotatable bonds is 4. The maximum absolute atomic E-state index is 5.66. The lowest BCUT2D eigenvalue weighted by Crippen LogP contribution is -2.28. The van der Waals surface area contributed by atoms with Crippen LogP contribution in [-0.4, -0.2) is 29.0 Å². The molecule has 0 unspecified atom stereocenters. The number of para-hydroxylation sites is 1. The van der Waals surface area contributed by atoms with Gasteiger partial charge in [-0.2, -0.15) is 10.1 Å². The minimum Gasteiger partial charge on any atom is -0.493 e. The Labute approximate surface area is 160 Å². The molecule has 0 spiro atoms. The first kappa shape index (κ1) is 16.9. The molecule has 1 aromatic heterocycles. The van der Waals surface area contributed by atoms with Gasteiger partial charge in [0.15, 0.2) is 11.5 Å². The van der Waals surface area contributed by atoms with Gasteiger partial charge in [-0.3, -0.25) is 0 Å². The third-order valence-corrected chi connectivity index (χ3v) is 5.17. The number of nitrogens with zero attached hydrogens (tertiary/aromatic N) is 3. The predicted molar refractivity (Wildman–Crippen MR) is 103 cm³/mol. The van der Waals surface area contributed by atoms with Crippen molar-refractivity contribution < 1.29 is 9.47 Å². The van der Waals surface area contributed by atoms with E-state index in [1.165, 1.54) is 5.56 Å². The highest BCUT2D eigenvalue weighted by molar-refractivity contribution is 9.10. The average molecular weight is 415 g/mol. The van der Waals surface area contributed by atoms with Crippen LogP contribution >= 0.6 is 15.9 Å². The van der Waals surface area contributed by atoms with E-state index in [4.69, 9.17) is 9.47 Å². The first-order valence-electron chi connectivity index (χ1n) is 8.33. The second-order valence-corrected chi connectivity index (χ2v) is 7.03. The van der Waals surface area contributed by atoms with Crippen molar-refractivity contribution in [3.8, 4) is 11.5 Å². The van der Waals surface area contributed by atoms with Crippen molar-refractivity contribution in [2.45, 2.75) is 18.5 Å². The predicted octanol–water partition coefficient (Wildman–Crippen LogP) is 4.20. The molecule has 0 bridgehead atoms. The van der Waals surface area contributed by atoms with Crippen LogP contribution in [0.4, 0.5) is 5.95 Å².